The molecule has 7 heteroatoms. The molecule has 2 aliphatic rings. The first-order valence-electron chi connectivity index (χ1n) is 17.6. The lowest BCUT2D eigenvalue weighted by Crippen LogP contribution is -2.36. The number of ether oxygens (including phenoxy) is 4. The minimum Gasteiger partial charge on any atom is -0.493 e. The second kappa shape index (κ2) is 10.6. The van der Waals surface area contributed by atoms with E-state index in [0.717, 1.165) is 12.1 Å². The summed E-state index contributed by atoms with van der Waals surface area (Å²) in [6.07, 6.45) is -4.50. The predicted molar refractivity (Wildman–Crippen MR) is 132 cm³/mol. The molecule has 1 aliphatic heterocycles. The summed E-state index contributed by atoms with van der Waals surface area (Å²) in [4.78, 5) is 14.1. The number of nitrogens with zero attached hydrogens (tertiary/aromatic N) is 2. The molecule has 0 saturated carbocycles. The SMILES string of the molecule is [2H]C([2H])([2H])Oc1cc2c(cc1OC)CC(=O)N(CCC([2H])([2H])N(C([2H])([2H])[2H])C([2H])([2H])C1Cc3cc(OC)c(OC)cc31)C([2H])([2H])C2([2H])[2H]. The molecule has 1 amide bonds. The zero-order valence-corrected chi connectivity index (χ0v) is 19.2. The van der Waals surface area contributed by atoms with Gasteiger partial charge in [0.2, 0.25) is 5.91 Å². The van der Waals surface area contributed by atoms with Gasteiger partial charge in [0.1, 0.15) is 0 Å². The number of fused-ring (bicyclic) bond motifs is 2. The summed E-state index contributed by atoms with van der Waals surface area (Å²) in [7, 11) is 1.03. The fourth-order valence-corrected chi connectivity index (χ4v) is 3.96. The molecule has 4 rings (SSSR count). The van der Waals surface area contributed by atoms with Crippen LogP contribution in [0.25, 0.3) is 0 Å². The maximum absolute atomic E-state index is 13.5. The number of likely N-dealkylation sites (N-methyl/N-ethyl adjacent to an activating group) is 1. The van der Waals surface area contributed by atoms with Crippen molar-refractivity contribution in [1.82, 2.24) is 9.80 Å². The average molecular weight is 483 g/mol. The van der Waals surface area contributed by atoms with Crippen LogP contribution in [0.15, 0.2) is 24.3 Å². The second-order valence-corrected chi connectivity index (χ2v) is 7.76. The van der Waals surface area contributed by atoms with Gasteiger partial charge in [-0.15, -0.1) is 0 Å². The highest BCUT2D eigenvalue weighted by atomic mass is 16.5. The molecule has 7 nitrogen and oxygen atoms in total. The monoisotopic (exact) mass is 482 g/mol. The highest BCUT2D eigenvalue weighted by molar-refractivity contribution is 5.80. The largest absolute Gasteiger partial charge is 0.493 e. The van der Waals surface area contributed by atoms with Crippen LogP contribution in [0.1, 0.15) is 53.8 Å². The Labute approximate surface area is 222 Å². The molecule has 2 aromatic rings. The molecule has 1 aliphatic carbocycles. The third kappa shape index (κ3) is 4.94. The maximum atomic E-state index is 13.5. The Balaban J connectivity index is 1.67. The van der Waals surface area contributed by atoms with Crippen LogP contribution in [0.2, 0.25) is 0 Å². The molecule has 0 radical (unpaired) electrons. The van der Waals surface area contributed by atoms with E-state index in [2.05, 4.69) is 0 Å². The van der Waals surface area contributed by atoms with Crippen molar-refractivity contribution >= 4 is 5.91 Å². The lowest BCUT2D eigenvalue weighted by atomic mass is 9.77. The molecule has 184 valence electrons. The number of carbonyl (C=O) groups is 1. The topological polar surface area (TPSA) is 60.5 Å². The summed E-state index contributed by atoms with van der Waals surface area (Å²) in [6.45, 7) is -13.2. The normalized spacial score (nSPS) is 27.6. The van der Waals surface area contributed by atoms with Crippen LogP contribution in [-0.2, 0) is 24.0 Å². The Kier molecular flexibility index (Phi) is 3.77. The van der Waals surface area contributed by atoms with Crippen molar-refractivity contribution in [3.05, 3.63) is 46.5 Å². The Morgan fingerprint density at radius 3 is 2.41 bits per heavy atom. The zero-order valence-electron chi connectivity index (χ0n) is 33.2. The van der Waals surface area contributed by atoms with Crippen LogP contribution in [0.3, 0.4) is 0 Å². The van der Waals surface area contributed by atoms with Gasteiger partial charge < -0.3 is 28.7 Å². The molecular weight excluding hydrogens is 432 g/mol. The standard InChI is InChI=1S/C27H36N2O5/c1-28(17-21-11-20-14-25(33-4)26(34-5)16-22(20)21)8-6-9-29-10-7-18-12-23(31-2)24(32-3)13-19(18)15-27(29)30/h12-14,16,21H,6-11,15,17H2,1-5H3/i1D3,2D3,7D2,8D2,10D2,17D2. The first-order chi connectivity index (χ1) is 21.8. The number of amides is 1. The molecule has 1 heterocycles. The zero-order chi connectivity index (χ0) is 36.4. The Morgan fingerprint density at radius 1 is 1.03 bits per heavy atom. The minimum absolute atomic E-state index is 0.0368. The summed E-state index contributed by atoms with van der Waals surface area (Å²) < 4.78 is 138. The van der Waals surface area contributed by atoms with Gasteiger partial charge in [-0.05, 0) is 79.2 Å². The van der Waals surface area contributed by atoms with E-state index in [4.69, 9.17) is 38.1 Å². The van der Waals surface area contributed by atoms with Crippen LogP contribution in [0.5, 0.6) is 23.0 Å². The molecule has 0 saturated heterocycles. The van der Waals surface area contributed by atoms with Crippen LogP contribution in [0.4, 0.5) is 0 Å². The van der Waals surface area contributed by atoms with Crippen molar-refractivity contribution in [2.75, 3.05) is 61.4 Å². The van der Waals surface area contributed by atoms with E-state index in [1.807, 2.05) is 0 Å². The van der Waals surface area contributed by atoms with Gasteiger partial charge in [-0.2, -0.15) is 0 Å². The van der Waals surface area contributed by atoms with Gasteiger partial charge in [0.05, 0.1) is 38.9 Å². The third-order valence-corrected chi connectivity index (χ3v) is 5.80. The Morgan fingerprint density at radius 2 is 1.71 bits per heavy atom. The lowest BCUT2D eigenvalue weighted by Gasteiger charge is -2.34. The van der Waals surface area contributed by atoms with E-state index in [1.54, 1.807) is 6.07 Å². The fraction of sp³-hybridized carbons (Fsp3) is 0.519. The first kappa shape index (κ1) is 12.2. The van der Waals surface area contributed by atoms with Gasteiger partial charge in [0.15, 0.2) is 23.0 Å². The molecule has 34 heavy (non-hydrogen) atoms. The molecule has 1 atom stereocenters. The summed E-state index contributed by atoms with van der Waals surface area (Å²) in [5.41, 5.74) is 0.611. The van der Waals surface area contributed by atoms with Crippen molar-refractivity contribution in [3.8, 4) is 23.0 Å². The molecule has 0 N–H and O–H groups in total. The summed E-state index contributed by atoms with van der Waals surface area (Å²) in [5, 5.41) is 0. The van der Waals surface area contributed by atoms with Gasteiger partial charge in [0.25, 0.3) is 0 Å². The third-order valence-electron chi connectivity index (χ3n) is 5.80. The number of hydrogen-bond donors (Lipinski definition) is 0. The summed E-state index contributed by atoms with van der Waals surface area (Å²) in [5.74, 6) is -2.01. The second-order valence-electron chi connectivity index (χ2n) is 7.76. The van der Waals surface area contributed by atoms with Crippen LogP contribution >= 0.6 is 0 Å². The smallest absolute Gasteiger partial charge is 0.227 e. The molecule has 2 aromatic carbocycles. The fourth-order valence-electron chi connectivity index (χ4n) is 3.96. The number of carbonyl (C=O) groups excluding carboxylic acids is 1. The van der Waals surface area contributed by atoms with Crippen molar-refractivity contribution in [2.45, 2.75) is 31.6 Å². The number of rotatable bonds is 10. The molecule has 0 fully saturated rings. The van der Waals surface area contributed by atoms with Crippen molar-refractivity contribution in [1.29, 1.82) is 0 Å². The van der Waals surface area contributed by atoms with E-state index < -0.39 is 82.4 Å². The molecule has 0 bridgehead atoms. The average Bonchev–Trinajstić information content (AvgIpc) is 2.96. The van der Waals surface area contributed by atoms with Crippen LogP contribution in [0, 0.1) is 0 Å². The van der Waals surface area contributed by atoms with Gasteiger partial charge >= 0.3 is 0 Å². The highest BCUT2D eigenvalue weighted by Crippen LogP contribution is 2.42. The lowest BCUT2D eigenvalue weighted by molar-refractivity contribution is -0.130. The number of aryl methyl sites for hydroxylation is 1. The van der Waals surface area contributed by atoms with Gasteiger partial charge in [-0.3, -0.25) is 4.79 Å². The Hall–Kier alpha value is -2.93. The number of methoxy groups -OCH3 is 4. The summed E-state index contributed by atoms with van der Waals surface area (Å²) in [6, 6.07) is 5.24. The molecule has 0 aromatic heterocycles. The van der Waals surface area contributed by atoms with Crippen molar-refractivity contribution < 1.29 is 42.9 Å². The van der Waals surface area contributed by atoms with Crippen molar-refractivity contribution in [2.24, 2.45) is 0 Å². The number of benzene rings is 2. The maximum Gasteiger partial charge on any atom is 0.227 e. The van der Waals surface area contributed by atoms with Crippen molar-refractivity contribution in [3.63, 3.8) is 0 Å². The highest BCUT2D eigenvalue weighted by Gasteiger charge is 2.29. The van der Waals surface area contributed by atoms with E-state index in [0.29, 0.717) is 21.8 Å². The van der Waals surface area contributed by atoms with Crippen LogP contribution in [-0.4, -0.2) is 77.1 Å². The van der Waals surface area contributed by atoms with Gasteiger partial charge in [-0.1, -0.05) is 0 Å². The minimum atomic E-state index is -3.35. The van der Waals surface area contributed by atoms with E-state index in [9.17, 15) is 4.79 Å². The van der Waals surface area contributed by atoms with Gasteiger partial charge in [-0.25, -0.2) is 0 Å². The molecular formula is C27H36N2O5. The number of hydrogen-bond acceptors (Lipinski definition) is 6. The quantitative estimate of drug-likeness (QED) is 0.518. The first-order valence-corrected chi connectivity index (χ1v) is 10.6. The molecule has 1 unspecified atom stereocenters. The Bertz CT molecular complexity index is 1560. The molecule has 0 spiro atoms. The predicted octanol–water partition coefficient (Wildman–Crippen LogP) is 3.31. The van der Waals surface area contributed by atoms with E-state index in [1.165, 1.54) is 27.4 Å². The van der Waals surface area contributed by atoms with E-state index >= 15 is 0 Å². The van der Waals surface area contributed by atoms with Gasteiger partial charge in [0, 0.05) is 40.5 Å². The summed E-state index contributed by atoms with van der Waals surface area (Å²) >= 11 is 0. The van der Waals surface area contributed by atoms with E-state index in [-0.39, 0.29) is 28.4 Å². The van der Waals surface area contributed by atoms with Crippen LogP contribution < -0.4 is 18.9 Å².